The average Bonchev–Trinajstić information content (AvgIpc) is 2.66. The van der Waals surface area contributed by atoms with Crippen molar-refractivity contribution in [2.24, 2.45) is 0 Å². The van der Waals surface area contributed by atoms with Gasteiger partial charge in [0, 0.05) is 5.56 Å². The Labute approximate surface area is 148 Å². The number of aromatic nitrogens is 2. The predicted molar refractivity (Wildman–Crippen MR) is 91.2 cm³/mol. The first-order chi connectivity index (χ1) is 12.6. The van der Waals surface area contributed by atoms with Crippen LogP contribution in [0.2, 0.25) is 0 Å². The summed E-state index contributed by atoms with van der Waals surface area (Å²) in [6.45, 7) is -0.146. The molecule has 132 valence electrons. The Morgan fingerprint density at radius 1 is 1.04 bits per heavy atom. The molecule has 1 aromatic heterocycles. The van der Waals surface area contributed by atoms with Gasteiger partial charge >= 0.3 is 0 Å². The van der Waals surface area contributed by atoms with Gasteiger partial charge < -0.3 is 10.1 Å². The van der Waals surface area contributed by atoms with Gasteiger partial charge in [0.25, 0.3) is 5.91 Å². The first kappa shape index (κ1) is 17.5. The number of halogens is 2. The lowest BCUT2D eigenvalue weighted by Gasteiger charge is -2.08. The van der Waals surface area contributed by atoms with Crippen molar-refractivity contribution in [2.75, 3.05) is 6.61 Å². The largest absolute Gasteiger partial charge is 0.481 e. The van der Waals surface area contributed by atoms with E-state index in [4.69, 9.17) is 4.74 Å². The minimum absolute atomic E-state index is 0.0169. The Morgan fingerprint density at radius 3 is 2.58 bits per heavy atom. The van der Waals surface area contributed by atoms with Gasteiger partial charge in [-0.3, -0.25) is 4.79 Å². The van der Waals surface area contributed by atoms with Crippen LogP contribution in [0.15, 0.2) is 60.9 Å². The molecule has 3 aromatic rings. The van der Waals surface area contributed by atoms with E-state index in [0.717, 1.165) is 5.56 Å². The zero-order chi connectivity index (χ0) is 18.4. The molecule has 2 aromatic carbocycles. The molecule has 7 heteroatoms. The van der Waals surface area contributed by atoms with E-state index < -0.39 is 11.7 Å². The Bertz CT molecular complexity index is 901. The van der Waals surface area contributed by atoms with Gasteiger partial charge in [-0.2, -0.15) is 0 Å². The monoisotopic (exact) mass is 355 g/mol. The highest BCUT2D eigenvalue weighted by atomic mass is 19.1. The number of hydrogen-bond acceptors (Lipinski definition) is 4. The summed E-state index contributed by atoms with van der Waals surface area (Å²) in [6.07, 6.45) is 1.37. The van der Waals surface area contributed by atoms with E-state index in [1.54, 1.807) is 24.3 Å². The van der Waals surface area contributed by atoms with E-state index in [1.165, 1.54) is 36.7 Å². The quantitative estimate of drug-likeness (QED) is 0.738. The molecule has 0 saturated carbocycles. The molecule has 3 rings (SSSR count). The van der Waals surface area contributed by atoms with Crippen molar-refractivity contribution < 1.29 is 18.3 Å². The summed E-state index contributed by atoms with van der Waals surface area (Å²) in [6, 6.07) is 13.5. The first-order valence-corrected chi connectivity index (χ1v) is 7.83. The molecule has 0 fully saturated rings. The number of hydrogen-bond donors (Lipinski definition) is 1. The Hall–Kier alpha value is -3.35. The number of ether oxygens (including phenoxy) is 1. The molecule has 26 heavy (non-hydrogen) atoms. The van der Waals surface area contributed by atoms with Crippen molar-refractivity contribution in [2.45, 2.75) is 6.54 Å². The number of amides is 1. The van der Waals surface area contributed by atoms with Gasteiger partial charge in [-0.05, 0) is 42.5 Å². The van der Waals surface area contributed by atoms with E-state index in [-0.39, 0.29) is 24.7 Å². The molecule has 1 amide bonds. The van der Waals surface area contributed by atoms with E-state index in [9.17, 15) is 13.6 Å². The number of nitrogens with zero attached hydrogens (tertiary/aromatic N) is 2. The molecule has 0 unspecified atom stereocenters. The first-order valence-electron chi connectivity index (χ1n) is 7.83. The number of carbonyl (C=O) groups is 1. The third-order valence-electron chi connectivity index (χ3n) is 3.53. The Kier molecular flexibility index (Phi) is 5.48. The fourth-order valence-corrected chi connectivity index (χ4v) is 2.22. The summed E-state index contributed by atoms with van der Waals surface area (Å²) in [5, 5.41) is 2.64. The molecule has 5 nitrogen and oxygen atoms in total. The highest BCUT2D eigenvalue weighted by Crippen LogP contribution is 2.17. The average molecular weight is 355 g/mol. The van der Waals surface area contributed by atoms with Crippen LogP contribution in [0.4, 0.5) is 8.78 Å². The van der Waals surface area contributed by atoms with Crippen LogP contribution < -0.4 is 10.1 Å². The van der Waals surface area contributed by atoms with Crippen molar-refractivity contribution in [3.8, 4) is 17.0 Å². The molecule has 0 aliphatic carbocycles. The molecular formula is C19H15F2N3O2. The van der Waals surface area contributed by atoms with Gasteiger partial charge in [0.15, 0.2) is 18.2 Å². The van der Waals surface area contributed by atoms with Gasteiger partial charge in [0.1, 0.15) is 12.1 Å². The summed E-state index contributed by atoms with van der Waals surface area (Å²) in [7, 11) is 0. The summed E-state index contributed by atoms with van der Waals surface area (Å²) in [4.78, 5) is 20.1. The number of carbonyl (C=O) groups excluding carboxylic acids is 1. The molecule has 0 aliphatic heterocycles. The molecule has 0 aliphatic rings. The summed E-state index contributed by atoms with van der Waals surface area (Å²) in [5.41, 5.74) is 1.94. The molecule has 0 bridgehead atoms. The molecule has 0 spiro atoms. The predicted octanol–water partition coefficient (Wildman–Crippen LogP) is 3.12. The van der Waals surface area contributed by atoms with Crippen LogP contribution in [-0.4, -0.2) is 22.5 Å². The third-order valence-corrected chi connectivity index (χ3v) is 3.53. The van der Waals surface area contributed by atoms with E-state index in [2.05, 4.69) is 15.3 Å². The molecular weight excluding hydrogens is 340 g/mol. The normalized spacial score (nSPS) is 10.4. The second-order valence-corrected chi connectivity index (χ2v) is 5.40. The number of para-hydroxylation sites is 1. The van der Waals surface area contributed by atoms with E-state index >= 15 is 0 Å². The van der Waals surface area contributed by atoms with Gasteiger partial charge in [0.2, 0.25) is 0 Å². The zero-order valence-corrected chi connectivity index (χ0v) is 13.7. The lowest BCUT2D eigenvalue weighted by molar-refractivity contribution is -0.123. The summed E-state index contributed by atoms with van der Waals surface area (Å²) >= 11 is 0. The third kappa shape index (κ3) is 4.60. The SMILES string of the molecule is O=C(COc1ccccc1F)NCc1cc(-c2ccc(F)cc2)ncn1. The second-order valence-electron chi connectivity index (χ2n) is 5.40. The highest BCUT2D eigenvalue weighted by Gasteiger charge is 2.08. The summed E-state index contributed by atoms with van der Waals surface area (Å²) in [5.74, 6) is -1.25. The van der Waals surface area contributed by atoms with Crippen molar-refractivity contribution in [1.82, 2.24) is 15.3 Å². The maximum absolute atomic E-state index is 13.4. The number of rotatable bonds is 6. The molecule has 1 heterocycles. The highest BCUT2D eigenvalue weighted by molar-refractivity contribution is 5.77. The maximum Gasteiger partial charge on any atom is 0.258 e. The maximum atomic E-state index is 13.4. The van der Waals surface area contributed by atoms with Crippen molar-refractivity contribution in [3.05, 3.63) is 78.3 Å². The fourth-order valence-electron chi connectivity index (χ4n) is 2.22. The Balaban J connectivity index is 1.56. The van der Waals surface area contributed by atoms with Gasteiger partial charge in [-0.15, -0.1) is 0 Å². The van der Waals surface area contributed by atoms with Gasteiger partial charge in [0.05, 0.1) is 17.9 Å². The molecule has 0 saturated heterocycles. The second kappa shape index (κ2) is 8.15. The number of benzene rings is 2. The van der Waals surface area contributed by atoms with E-state index in [0.29, 0.717) is 11.4 Å². The number of nitrogens with one attached hydrogen (secondary N) is 1. The van der Waals surface area contributed by atoms with Crippen molar-refractivity contribution >= 4 is 5.91 Å². The molecule has 1 N–H and O–H groups in total. The van der Waals surface area contributed by atoms with Crippen LogP contribution >= 0.6 is 0 Å². The van der Waals surface area contributed by atoms with Crippen LogP contribution in [0.1, 0.15) is 5.69 Å². The van der Waals surface area contributed by atoms with Gasteiger partial charge in [-0.25, -0.2) is 18.7 Å². The minimum Gasteiger partial charge on any atom is -0.481 e. The zero-order valence-electron chi connectivity index (χ0n) is 13.7. The van der Waals surface area contributed by atoms with Crippen LogP contribution in [0.5, 0.6) is 5.75 Å². The molecule has 0 radical (unpaired) electrons. The van der Waals surface area contributed by atoms with E-state index in [1.807, 2.05) is 0 Å². The Morgan fingerprint density at radius 2 is 1.81 bits per heavy atom. The van der Waals surface area contributed by atoms with Crippen molar-refractivity contribution in [3.63, 3.8) is 0 Å². The topological polar surface area (TPSA) is 64.1 Å². The fraction of sp³-hybridized carbons (Fsp3) is 0.105. The van der Waals surface area contributed by atoms with Crippen molar-refractivity contribution in [1.29, 1.82) is 0 Å². The summed E-state index contributed by atoms with van der Waals surface area (Å²) < 4.78 is 31.6. The lowest BCUT2D eigenvalue weighted by atomic mass is 10.1. The molecule has 0 atom stereocenters. The van der Waals surface area contributed by atoms with Crippen LogP contribution in [0, 0.1) is 11.6 Å². The standard InChI is InChI=1S/C19H15F2N3O2/c20-14-7-5-13(6-8-14)17-9-15(23-12-24-17)10-22-19(25)11-26-18-4-2-1-3-16(18)21/h1-9,12H,10-11H2,(H,22,25). The van der Waals surface area contributed by atoms with Crippen LogP contribution in [-0.2, 0) is 11.3 Å². The smallest absolute Gasteiger partial charge is 0.258 e. The van der Waals surface area contributed by atoms with Crippen LogP contribution in [0.25, 0.3) is 11.3 Å². The lowest BCUT2D eigenvalue weighted by Crippen LogP contribution is -2.28. The van der Waals surface area contributed by atoms with Gasteiger partial charge in [-0.1, -0.05) is 12.1 Å². The minimum atomic E-state index is -0.528. The van der Waals surface area contributed by atoms with Crippen LogP contribution in [0.3, 0.4) is 0 Å².